The maximum Gasteiger partial charge on any atom is 0.407 e. The number of carbonyl (C=O) groups is 1. The monoisotopic (exact) mass is 185 g/mol. The number of amides is 1. The van der Waals surface area contributed by atoms with Crippen molar-refractivity contribution < 1.29 is 9.53 Å². The molecule has 0 unspecified atom stereocenters. The minimum Gasteiger partial charge on any atom is -0.453 e. The van der Waals surface area contributed by atoms with Crippen LogP contribution < -0.4 is 11.1 Å². The topological polar surface area (TPSA) is 88.2 Å². The lowest BCUT2D eigenvalue weighted by atomic mass is 9.97. The van der Waals surface area contributed by atoms with Crippen molar-refractivity contribution in [1.29, 1.82) is 5.41 Å². The van der Waals surface area contributed by atoms with Gasteiger partial charge < -0.3 is 15.8 Å². The number of alkyl carbamates (subject to hydrolysis) is 1. The largest absolute Gasteiger partial charge is 0.453 e. The van der Waals surface area contributed by atoms with Crippen LogP contribution in [-0.4, -0.2) is 24.6 Å². The van der Waals surface area contributed by atoms with Gasteiger partial charge in [-0.3, -0.25) is 5.41 Å². The van der Waals surface area contributed by atoms with Crippen LogP contribution in [0.5, 0.6) is 0 Å². The second-order valence-corrected chi connectivity index (χ2v) is 3.32. The molecule has 0 aromatic rings. The number of hydrogen-bond acceptors (Lipinski definition) is 3. The summed E-state index contributed by atoms with van der Waals surface area (Å²) in [6.45, 7) is 0. The number of ether oxygens (including phenoxy) is 1. The molecule has 5 nitrogen and oxygen atoms in total. The van der Waals surface area contributed by atoms with Crippen molar-refractivity contribution in [3.05, 3.63) is 0 Å². The predicted octanol–water partition coefficient (Wildman–Crippen LogP) is 0.591. The first-order valence-corrected chi connectivity index (χ1v) is 4.31. The Morgan fingerprint density at radius 3 is 2.46 bits per heavy atom. The fourth-order valence-corrected chi connectivity index (χ4v) is 1.69. The van der Waals surface area contributed by atoms with E-state index in [4.69, 9.17) is 11.1 Å². The van der Waals surface area contributed by atoms with Crippen LogP contribution in [0.1, 0.15) is 25.7 Å². The van der Waals surface area contributed by atoms with Gasteiger partial charge in [0.2, 0.25) is 0 Å². The van der Waals surface area contributed by atoms with Gasteiger partial charge in [0, 0.05) is 0 Å². The van der Waals surface area contributed by atoms with Gasteiger partial charge in [0.25, 0.3) is 0 Å². The van der Waals surface area contributed by atoms with E-state index in [-0.39, 0.29) is 5.84 Å². The zero-order valence-electron chi connectivity index (χ0n) is 7.72. The summed E-state index contributed by atoms with van der Waals surface area (Å²) < 4.78 is 4.49. The minimum absolute atomic E-state index is 0.0235. The summed E-state index contributed by atoms with van der Waals surface area (Å²) >= 11 is 0. The second-order valence-electron chi connectivity index (χ2n) is 3.32. The van der Waals surface area contributed by atoms with E-state index in [0.717, 1.165) is 25.7 Å². The number of amidine groups is 1. The lowest BCUT2D eigenvalue weighted by Crippen LogP contribution is -2.55. The van der Waals surface area contributed by atoms with Gasteiger partial charge in [0.15, 0.2) is 0 Å². The first-order valence-electron chi connectivity index (χ1n) is 4.31. The van der Waals surface area contributed by atoms with E-state index >= 15 is 0 Å². The summed E-state index contributed by atoms with van der Waals surface area (Å²) in [5.41, 5.74) is 4.80. The summed E-state index contributed by atoms with van der Waals surface area (Å²) in [5, 5.41) is 10.0. The van der Waals surface area contributed by atoms with E-state index in [1.54, 1.807) is 0 Å². The molecule has 0 saturated heterocycles. The van der Waals surface area contributed by atoms with Crippen molar-refractivity contribution in [3.8, 4) is 0 Å². The Kier molecular flexibility index (Phi) is 2.75. The van der Waals surface area contributed by atoms with Gasteiger partial charge in [0.05, 0.1) is 12.6 Å². The van der Waals surface area contributed by atoms with Crippen LogP contribution in [0, 0.1) is 5.41 Å². The predicted molar refractivity (Wildman–Crippen MR) is 48.7 cm³/mol. The molecule has 0 spiro atoms. The fourth-order valence-electron chi connectivity index (χ4n) is 1.69. The fraction of sp³-hybridized carbons (Fsp3) is 0.750. The lowest BCUT2D eigenvalue weighted by molar-refractivity contribution is 0.162. The van der Waals surface area contributed by atoms with Crippen LogP contribution in [0.15, 0.2) is 0 Å². The molecule has 74 valence electrons. The highest BCUT2D eigenvalue weighted by molar-refractivity contribution is 5.91. The molecule has 0 aliphatic heterocycles. The number of nitrogens with one attached hydrogen (secondary N) is 2. The molecule has 1 amide bonds. The molecular formula is C8H15N3O2. The Morgan fingerprint density at radius 2 is 2.08 bits per heavy atom. The van der Waals surface area contributed by atoms with Gasteiger partial charge in [-0.1, -0.05) is 12.8 Å². The Morgan fingerprint density at radius 1 is 1.54 bits per heavy atom. The minimum atomic E-state index is -0.646. The summed E-state index contributed by atoms with van der Waals surface area (Å²) in [5.74, 6) is 0.0235. The number of methoxy groups -OCH3 is 1. The zero-order chi connectivity index (χ0) is 9.90. The summed E-state index contributed by atoms with van der Waals surface area (Å²) in [7, 11) is 1.30. The zero-order valence-corrected chi connectivity index (χ0v) is 7.72. The molecule has 0 radical (unpaired) electrons. The van der Waals surface area contributed by atoms with Crippen LogP contribution in [0.4, 0.5) is 4.79 Å². The second kappa shape index (κ2) is 3.64. The van der Waals surface area contributed by atoms with Crippen molar-refractivity contribution in [2.75, 3.05) is 7.11 Å². The molecule has 0 atom stereocenters. The Bertz CT molecular complexity index is 221. The highest BCUT2D eigenvalue weighted by Gasteiger charge is 2.38. The maximum atomic E-state index is 11.0. The van der Waals surface area contributed by atoms with E-state index < -0.39 is 11.6 Å². The van der Waals surface area contributed by atoms with Crippen molar-refractivity contribution in [3.63, 3.8) is 0 Å². The van der Waals surface area contributed by atoms with Crippen LogP contribution >= 0.6 is 0 Å². The average Bonchev–Trinajstić information content (AvgIpc) is 2.54. The standard InChI is InChI=1S/C8H15N3O2/c1-13-7(12)11-8(6(9)10)4-2-3-5-8/h2-5H2,1H3,(H3,9,10)(H,11,12). The SMILES string of the molecule is COC(=O)NC1(C(=N)N)CCCC1. The van der Waals surface area contributed by atoms with Crippen LogP contribution in [0.2, 0.25) is 0 Å². The molecule has 1 rings (SSSR count). The summed E-state index contributed by atoms with van der Waals surface area (Å²) in [4.78, 5) is 11.0. The molecule has 1 aliphatic rings. The van der Waals surface area contributed by atoms with E-state index in [9.17, 15) is 4.79 Å². The van der Waals surface area contributed by atoms with Crippen molar-refractivity contribution in [2.24, 2.45) is 5.73 Å². The first kappa shape index (κ1) is 9.83. The van der Waals surface area contributed by atoms with Gasteiger partial charge in [0.1, 0.15) is 5.84 Å². The van der Waals surface area contributed by atoms with Crippen LogP contribution in [0.25, 0.3) is 0 Å². The average molecular weight is 185 g/mol. The Balaban J connectivity index is 2.68. The van der Waals surface area contributed by atoms with E-state index in [2.05, 4.69) is 10.1 Å². The summed E-state index contributed by atoms with van der Waals surface area (Å²) in [6.07, 6.45) is 2.93. The molecule has 0 aromatic carbocycles. The third kappa shape index (κ3) is 1.91. The van der Waals surface area contributed by atoms with E-state index in [1.165, 1.54) is 7.11 Å². The molecule has 5 heteroatoms. The number of rotatable bonds is 2. The Hall–Kier alpha value is -1.26. The molecule has 1 fully saturated rings. The van der Waals surface area contributed by atoms with Crippen LogP contribution in [0.3, 0.4) is 0 Å². The quantitative estimate of drug-likeness (QED) is 0.434. The normalized spacial score (nSPS) is 19.5. The molecule has 1 aliphatic carbocycles. The maximum absolute atomic E-state index is 11.0. The smallest absolute Gasteiger partial charge is 0.407 e. The molecule has 4 N–H and O–H groups in total. The highest BCUT2D eigenvalue weighted by Crippen LogP contribution is 2.29. The molecular weight excluding hydrogens is 170 g/mol. The van der Waals surface area contributed by atoms with Gasteiger partial charge in [-0.15, -0.1) is 0 Å². The van der Waals surface area contributed by atoms with Crippen molar-refractivity contribution in [1.82, 2.24) is 5.32 Å². The van der Waals surface area contributed by atoms with Gasteiger partial charge in [-0.25, -0.2) is 4.79 Å². The molecule has 0 heterocycles. The van der Waals surface area contributed by atoms with E-state index in [1.807, 2.05) is 0 Å². The number of carbonyl (C=O) groups excluding carboxylic acids is 1. The van der Waals surface area contributed by atoms with Gasteiger partial charge in [-0.2, -0.15) is 0 Å². The van der Waals surface area contributed by atoms with Crippen molar-refractivity contribution >= 4 is 11.9 Å². The third-order valence-corrected chi connectivity index (χ3v) is 2.50. The van der Waals surface area contributed by atoms with Gasteiger partial charge >= 0.3 is 6.09 Å². The molecule has 0 bridgehead atoms. The van der Waals surface area contributed by atoms with E-state index in [0.29, 0.717) is 0 Å². The van der Waals surface area contributed by atoms with Crippen LogP contribution in [-0.2, 0) is 4.74 Å². The van der Waals surface area contributed by atoms with Crippen molar-refractivity contribution in [2.45, 2.75) is 31.2 Å². The Labute approximate surface area is 77.1 Å². The number of nitrogens with two attached hydrogens (primary N) is 1. The summed E-state index contributed by atoms with van der Waals surface area (Å²) in [6, 6.07) is 0. The molecule has 13 heavy (non-hydrogen) atoms. The lowest BCUT2D eigenvalue weighted by Gasteiger charge is -2.27. The van der Waals surface area contributed by atoms with Gasteiger partial charge in [-0.05, 0) is 12.8 Å². The first-order chi connectivity index (χ1) is 6.10. The third-order valence-electron chi connectivity index (χ3n) is 2.50. The highest BCUT2D eigenvalue weighted by atomic mass is 16.5. The molecule has 1 saturated carbocycles. The molecule has 0 aromatic heterocycles. The number of hydrogen-bond donors (Lipinski definition) is 3.